The molecule has 0 aliphatic heterocycles. The molecule has 3 N–H and O–H groups in total. The summed E-state index contributed by atoms with van der Waals surface area (Å²) in [5, 5.41) is 4.31. The van der Waals surface area contributed by atoms with Gasteiger partial charge >= 0.3 is 0 Å². The molecular weight excluding hydrogens is 299 g/mol. The largest absolute Gasteiger partial charge is 0.275 e. The van der Waals surface area contributed by atoms with Crippen molar-refractivity contribution in [2.45, 2.75) is 12.5 Å². The van der Waals surface area contributed by atoms with E-state index in [1.165, 1.54) is 12.1 Å². The Hall–Kier alpha value is -1.24. The highest BCUT2D eigenvalue weighted by atomic mass is 79.9. The summed E-state index contributed by atoms with van der Waals surface area (Å²) < 4.78 is 15.5. The highest BCUT2D eigenvalue weighted by Crippen LogP contribution is 2.23. The predicted octanol–water partition coefficient (Wildman–Crippen LogP) is 2.07. The lowest BCUT2D eigenvalue weighted by Gasteiger charge is -2.14. The predicted molar refractivity (Wildman–Crippen MR) is 71.1 cm³/mol. The first-order chi connectivity index (χ1) is 8.60. The van der Waals surface area contributed by atoms with Gasteiger partial charge in [-0.25, -0.2) is 4.39 Å². The highest BCUT2D eigenvalue weighted by Gasteiger charge is 2.15. The molecule has 1 atom stereocenters. The molecule has 0 aliphatic rings. The van der Waals surface area contributed by atoms with Crippen LogP contribution in [0.3, 0.4) is 0 Å². The summed E-state index contributed by atoms with van der Waals surface area (Å²) in [6.07, 6.45) is 2.49. The number of hydrogen-bond donors (Lipinski definition) is 2. The second kappa shape index (κ2) is 5.60. The van der Waals surface area contributed by atoms with Gasteiger partial charge in [-0.2, -0.15) is 5.10 Å². The zero-order chi connectivity index (χ0) is 13.1. The van der Waals surface area contributed by atoms with E-state index in [0.717, 1.165) is 15.7 Å². The van der Waals surface area contributed by atoms with E-state index in [-0.39, 0.29) is 11.9 Å². The van der Waals surface area contributed by atoms with Crippen LogP contribution in [0.4, 0.5) is 4.39 Å². The maximum atomic E-state index is 13.0. The maximum Gasteiger partial charge on any atom is 0.124 e. The van der Waals surface area contributed by atoms with E-state index in [4.69, 9.17) is 5.84 Å². The highest BCUT2D eigenvalue weighted by molar-refractivity contribution is 9.10. The summed E-state index contributed by atoms with van der Waals surface area (Å²) in [7, 11) is 1.85. The number of aromatic nitrogens is 2. The van der Waals surface area contributed by atoms with E-state index in [1.807, 2.05) is 19.3 Å². The van der Waals surface area contributed by atoms with Crippen LogP contribution in [0.1, 0.15) is 17.3 Å². The molecule has 2 aromatic rings. The van der Waals surface area contributed by atoms with Gasteiger partial charge < -0.3 is 0 Å². The topological polar surface area (TPSA) is 55.9 Å². The molecule has 4 nitrogen and oxygen atoms in total. The molecule has 0 saturated carbocycles. The molecule has 1 unspecified atom stereocenters. The Kier molecular flexibility index (Phi) is 4.11. The number of hydrazine groups is 1. The van der Waals surface area contributed by atoms with Gasteiger partial charge in [0.05, 0.1) is 11.7 Å². The molecule has 0 saturated heterocycles. The van der Waals surface area contributed by atoms with E-state index < -0.39 is 0 Å². The lowest BCUT2D eigenvalue weighted by atomic mass is 10.0. The fraction of sp³-hybridized carbons (Fsp3) is 0.250. The van der Waals surface area contributed by atoms with Crippen molar-refractivity contribution in [1.29, 1.82) is 0 Å². The normalized spacial score (nSPS) is 12.7. The van der Waals surface area contributed by atoms with E-state index in [0.29, 0.717) is 6.42 Å². The smallest absolute Gasteiger partial charge is 0.124 e. The fourth-order valence-electron chi connectivity index (χ4n) is 1.77. The summed E-state index contributed by atoms with van der Waals surface area (Å²) in [5.41, 5.74) is 4.57. The van der Waals surface area contributed by atoms with Gasteiger partial charge in [0.1, 0.15) is 5.82 Å². The van der Waals surface area contributed by atoms with Crippen molar-refractivity contribution in [3.8, 4) is 0 Å². The van der Waals surface area contributed by atoms with Crippen LogP contribution in [0.5, 0.6) is 0 Å². The van der Waals surface area contributed by atoms with Crippen LogP contribution in [0.15, 0.2) is 34.9 Å². The fourth-order valence-corrected chi connectivity index (χ4v) is 2.29. The third kappa shape index (κ3) is 2.95. The van der Waals surface area contributed by atoms with Crippen molar-refractivity contribution in [3.05, 3.63) is 52.0 Å². The first-order valence-corrected chi connectivity index (χ1v) is 6.29. The van der Waals surface area contributed by atoms with Gasteiger partial charge in [-0.1, -0.05) is 22.0 Å². The number of benzene rings is 1. The van der Waals surface area contributed by atoms with E-state index >= 15 is 0 Å². The van der Waals surface area contributed by atoms with Crippen LogP contribution in [0.2, 0.25) is 0 Å². The monoisotopic (exact) mass is 312 g/mol. The molecule has 6 heteroatoms. The molecule has 18 heavy (non-hydrogen) atoms. The average Bonchev–Trinajstić information content (AvgIpc) is 2.75. The molecule has 96 valence electrons. The number of halogens is 2. The van der Waals surface area contributed by atoms with Gasteiger partial charge in [0.25, 0.3) is 0 Å². The number of aryl methyl sites for hydroxylation is 1. The minimum atomic E-state index is -0.263. The third-order valence-electron chi connectivity index (χ3n) is 2.73. The molecule has 1 aromatic heterocycles. The molecule has 0 bridgehead atoms. The second-order valence-corrected chi connectivity index (χ2v) is 4.93. The third-order valence-corrected chi connectivity index (χ3v) is 3.47. The standard InChI is InChI=1S/C12H14BrFN4/c1-18-5-4-11(17-18)12(16-15)6-8-2-3-9(14)7-10(8)13/h2-5,7,12,16H,6,15H2,1H3. The minimum Gasteiger partial charge on any atom is -0.275 e. The molecule has 1 heterocycles. The summed E-state index contributed by atoms with van der Waals surface area (Å²) in [6.45, 7) is 0. The van der Waals surface area contributed by atoms with Crippen LogP contribution < -0.4 is 11.3 Å². The first-order valence-electron chi connectivity index (χ1n) is 5.49. The van der Waals surface area contributed by atoms with Crippen molar-refractivity contribution in [3.63, 3.8) is 0 Å². The second-order valence-electron chi connectivity index (χ2n) is 4.07. The molecule has 0 amide bonds. The molecule has 0 radical (unpaired) electrons. The minimum absolute atomic E-state index is 0.104. The van der Waals surface area contributed by atoms with Crippen LogP contribution in [0, 0.1) is 5.82 Å². The number of nitrogens with two attached hydrogens (primary N) is 1. The summed E-state index contributed by atoms with van der Waals surface area (Å²) in [5.74, 6) is 5.29. The molecule has 2 rings (SSSR count). The van der Waals surface area contributed by atoms with Crippen LogP contribution in [-0.4, -0.2) is 9.78 Å². The molecule has 0 fully saturated rings. The molecule has 0 aliphatic carbocycles. The average molecular weight is 313 g/mol. The van der Waals surface area contributed by atoms with Gasteiger partial charge in [-0.05, 0) is 30.2 Å². The van der Waals surface area contributed by atoms with E-state index in [9.17, 15) is 4.39 Å². The SMILES string of the molecule is Cn1ccc(C(Cc2ccc(F)cc2Br)NN)n1. The van der Waals surface area contributed by atoms with Crippen molar-refractivity contribution in [2.24, 2.45) is 12.9 Å². The van der Waals surface area contributed by atoms with Crippen LogP contribution >= 0.6 is 15.9 Å². The lowest BCUT2D eigenvalue weighted by molar-refractivity contribution is 0.527. The van der Waals surface area contributed by atoms with Gasteiger partial charge in [0.2, 0.25) is 0 Å². The summed E-state index contributed by atoms with van der Waals surface area (Å²) in [4.78, 5) is 0. The first kappa shape index (κ1) is 13.2. The van der Waals surface area contributed by atoms with Gasteiger partial charge in [-0.3, -0.25) is 16.0 Å². The number of nitrogens with zero attached hydrogens (tertiary/aromatic N) is 2. The van der Waals surface area contributed by atoms with Crippen molar-refractivity contribution < 1.29 is 4.39 Å². The molecule has 1 aromatic carbocycles. The molecule has 0 spiro atoms. The van der Waals surface area contributed by atoms with Gasteiger partial charge in [0.15, 0.2) is 0 Å². The Labute approximate surface area is 113 Å². The van der Waals surface area contributed by atoms with E-state index in [1.54, 1.807) is 10.7 Å². The van der Waals surface area contributed by atoms with Crippen molar-refractivity contribution in [2.75, 3.05) is 0 Å². The quantitative estimate of drug-likeness (QED) is 0.671. The van der Waals surface area contributed by atoms with Crippen molar-refractivity contribution in [1.82, 2.24) is 15.2 Å². The molecular formula is C12H14BrFN4. The maximum absolute atomic E-state index is 13.0. The van der Waals surface area contributed by atoms with Crippen LogP contribution in [-0.2, 0) is 13.5 Å². The Morgan fingerprint density at radius 3 is 2.83 bits per heavy atom. The Morgan fingerprint density at radius 1 is 1.50 bits per heavy atom. The number of rotatable bonds is 4. The Morgan fingerprint density at radius 2 is 2.28 bits per heavy atom. The number of hydrogen-bond acceptors (Lipinski definition) is 3. The van der Waals surface area contributed by atoms with E-state index in [2.05, 4.69) is 26.5 Å². The summed E-state index contributed by atoms with van der Waals surface area (Å²) in [6, 6.07) is 6.43. The van der Waals surface area contributed by atoms with Gasteiger partial charge in [0, 0.05) is 17.7 Å². The van der Waals surface area contributed by atoms with Crippen LogP contribution in [0.25, 0.3) is 0 Å². The summed E-state index contributed by atoms with van der Waals surface area (Å²) >= 11 is 3.35. The Bertz CT molecular complexity index is 541. The zero-order valence-corrected chi connectivity index (χ0v) is 11.5. The number of nitrogens with one attached hydrogen (secondary N) is 1. The zero-order valence-electron chi connectivity index (χ0n) is 9.90. The van der Waals surface area contributed by atoms with Gasteiger partial charge in [-0.15, -0.1) is 0 Å². The van der Waals surface area contributed by atoms with Crippen molar-refractivity contribution >= 4 is 15.9 Å². The Balaban J connectivity index is 2.20. The lowest BCUT2D eigenvalue weighted by Crippen LogP contribution is -2.30.